The minimum absolute atomic E-state index is 0.0155. The van der Waals surface area contributed by atoms with Gasteiger partial charge in [0.05, 0.1) is 19.3 Å². The van der Waals surface area contributed by atoms with E-state index in [1.54, 1.807) is 0 Å². The van der Waals surface area contributed by atoms with Gasteiger partial charge in [-0.1, -0.05) is 13.8 Å². The molecular weight excluding hydrogens is 372 g/mol. The van der Waals surface area contributed by atoms with Crippen molar-refractivity contribution in [3.63, 3.8) is 0 Å². The Bertz CT molecular complexity index is 564. The Labute approximate surface area is 163 Å². The SMILES string of the molecule is CC(C)CC(NC(=O)C(CO)NC(=O)C1CCCN1)C(=O)NC(CO)C(=O)O. The lowest BCUT2D eigenvalue weighted by molar-refractivity contribution is -0.143. The van der Waals surface area contributed by atoms with Crippen LogP contribution in [0.2, 0.25) is 0 Å². The molecule has 1 aliphatic heterocycles. The molecule has 1 heterocycles. The number of rotatable bonds is 11. The highest BCUT2D eigenvalue weighted by molar-refractivity contribution is 5.94. The van der Waals surface area contributed by atoms with E-state index in [2.05, 4.69) is 21.3 Å². The molecule has 0 radical (unpaired) electrons. The van der Waals surface area contributed by atoms with Crippen molar-refractivity contribution < 1.29 is 34.5 Å². The summed E-state index contributed by atoms with van der Waals surface area (Å²) in [5.41, 5.74) is 0. The summed E-state index contributed by atoms with van der Waals surface area (Å²) in [6, 6.07) is -4.26. The number of aliphatic hydroxyl groups excluding tert-OH is 2. The van der Waals surface area contributed by atoms with Crippen molar-refractivity contribution in [1.82, 2.24) is 21.3 Å². The third-order valence-electron chi connectivity index (χ3n) is 4.33. The molecule has 0 aromatic heterocycles. The molecule has 1 saturated heterocycles. The fraction of sp³-hybridized carbons (Fsp3) is 0.765. The van der Waals surface area contributed by atoms with Gasteiger partial charge in [-0.05, 0) is 31.7 Å². The molecule has 0 saturated carbocycles. The van der Waals surface area contributed by atoms with E-state index in [4.69, 9.17) is 10.2 Å². The second-order valence-corrected chi connectivity index (χ2v) is 7.17. The van der Waals surface area contributed by atoms with Crippen molar-refractivity contribution in [3.8, 4) is 0 Å². The minimum Gasteiger partial charge on any atom is -0.480 e. The van der Waals surface area contributed by atoms with Crippen LogP contribution in [0.4, 0.5) is 0 Å². The van der Waals surface area contributed by atoms with Gasteiger partial charge in [-0.25, -0.2) is 4.79 Å². The Kier molecular flexibility index (Phi) is 9.83. The van der Waals surface area contributed by atoms with Gasteiger partial charge in [0.25, 0.3) is 0 Å². The van der Waals surface area contributed by atoms with E-state index in [1.165, 1.54) is 0 Å². The zero-order chi connectivity index (χ0) is 21.3. The Morgan fingerprint density at radius 1 is 0.964 bits per heavy atom. The fourth-order valence-corrected chi connectivity index (χ4v) is 2.81. The molecule has 4 unspecified atom stereocenters. The van der Waals surface area contributed by atoms with E-state index in [1.807, 2.05) is 13.8 Å². The summed E-state index contributed by atoms with van der Waals surface area (Å²) in [6.07, 6.45) is 1.66. The molecule has 11 heteroatoms. The number of carbonyl (C=O) groups excluding carboxylic acids is 3. The predicted octanol–water partition coefficient (Wildman–Crippen LogP) is -2.69. The highest BCUT2D eigenvalue weighted by Crippen LogP contribution is 2.07. The van der Waals surface area contributed by atoms with Crippen LogP contribution < -0.4 is 21.3 Å². The van der Waals surface area contributed by atoms with Crippen molar-refractivity contribution >= 4 is 23.7 Å². The van der Waals surface area contributed by atoms with Gasteiger partial charge in [0.15, 0.2) is 0 Å². The number of hydrogen-bond donors (Lipinski definition) is 7. The van der Waals surface area contributed by atoms with Crippen LogP contribution in [-0.2, 0) is 19.2 Å². The zero-order valence-electron chi connectivity index (χ0n) is 16.1. The second kappa shape index (κ2) is 11.6. The maximum Gasteiger partial charge on any atom is 0.328 e. The summed E-state index contributed by atoms with van der Waals surface area (Å²) in [5, 5.41) is 37.5. The standard InChI is InChI=1S/C17H30N4O7/c1-9(2)6-11(15(25)21-13(8-23)17(27)28)19-16(26)12(7-22)20-14(24)10-4-3-5-18-10/h9-13,18,22-23H,3-8H2,1-2H3,(H,19,26)(H,20,24)(H,21,25)(H,27,28). The minimum atomic E-state index is -1.50. The molecule has 0 spiro atoms. The molecule has 7 N–H and O–H groups in total. The van der Waals surface area contributed by atoms with Crippen LogP contribution in [0.1, 0.15) is 33.1 Å². The molecule has 28 heavy (non-hydrogen) atoms. The molecule has 1 fully saturated rings. The molecule has 0 bridgehead atoms. The van der Waals surface area contributed by atoms with Crippen LogP contribution in [0.3, 0.4) is 0 Å². The first-order valence-electron chi connectivity index (χ1n) is 9.28. The Hall–Kier alpha value is -2.24. The van der Waals surface area contributed by atoms with Gasteiger partial charge >= 0.3 is 5.97 Å². The van der Waals surface area contributed by atoms with Crippen LogP contribution in [0.15, 0.2) is 0 Å². The highest BCUT2D eigenvalue weighted by atomic mass is 16.4. The average Bonchev–Trinajstić information content (AvgIpc) is 3.17. The first-order valence-corrected chi connectivity index (χ1v) is 9.28. The second-order valence-electron chi connectivity index (χ2n) is 7.17. The third kappa shape index (κ3) is 7.41. The number of carboxylic acid groups (broad SMARTS) is 1. The summed E-state index contributed by atoms with van der Waals surface area (Å²) >= 11 is 0. The van der Waals surface area contributed by atoms with Crippen LogP contribution in [0.25, 0.3) is 0 Å². The van der Waals surface area contributed by atoms with Gasteiger partial charge < -0.3 is 36.6 Å². The first kappa shape index (κ1) is 23.8. The van der Waals surface area contributed by atoms with E-state index in [9.17, 15) is 24.3 Å². The molecule has 160 valence electrons. The summed E-state index contributed by atoms with van der Waals surface area (Å²) in [7, 11) is 0. The number of carbonyl (C=O) groups is 4. The highest BCUT2D eigenvalue weighted by Gasteiger charge is 2.31. The van der Waals surface area contributed by atoms with Gasteiger partial charge in [0.1, 0.15) is 18.1 Å². The molecular formula is C17H30N4O7. The molecule has 1 rings (SSSR count). The molecule has 11 nitrogen and oxygen atoms in total. The summed E-state index contributed by atoms with van der Waals surface area (Å²) in [6.45, 7) is 2.86. The van der Waals surface area contributed by atoms with Crippen molar-refractivity contribution in [2.75, 3.05) is 19.8 Å². The molecule has 3 amide bonds. The largest absolute Gasteiger partial charge is 0.480 e. The number of nitrogens with one attached hydrogen (secondary N) is 4. The molecule has 1 aliphatic rings. The van der Waals surface area contributed by atoms with Crippen molar-refractivity contribution in [1.29, 1.82) is 0 Å². The number of aliphatic carboxylic acids is 1. The fourth-order valence-electron chi connectivity index (χ4n) is 2.81. The molecule has 0 aliphatic carbocycles. The topological polar surface area (TPSA) is 177 Å². The van der Waals surface area contributed by atoms with Crippen molar-refractivity contribution in [2.24, 2.45) is 5.92 Å². The van der Waals surface area contributed by atoms with Crippen LogP contribution >= 0.6 is 0 Å². The molecule has 0 aromatic rings. The summed E-state index contributed by atoms with van der Waals surface area (Å²) in [4.78, 5) is 48.0. The normalized spacial score (nSPS) is 19.5. The third-order valence-corrected chi connectivity index (χ3v) is 4.33. The van der Waals surface area contributed by atoms with Gasteiger partial charge in [0, 0.05) is 0 Å². The summed E-state index contributed by atoms with van der Waals surface area (Å²) in [5.74, 6) is -3.37. The van der Waals surface area contributed by atoms with Gasteiger partial charge in [-0.15, -0.1) is 0 Å². The van der Waals surface area contributed by atoms with E-state index >= 15 is 0 Å². The maximum absolute atomic E-state index is 12.5. The Balaban J connectivity index is 2.76. The monoisotopic (exact) mass is 402 g/mol. The van der Waals surface area contributed by atoms with Gasteiger partial charge in [-0.2, -0.15) is 0 Å². The Morgan fingerprint density at radius 2 is 1.54 bits per heavy atom. The van der Waals surface area contributed by atoms with Gasteiger partial charge in [0.2, 0.25) is 17.7 Å². The molecule has 4 atom stereocenters. The van der Waals surface area contributed by atoms with Crippen LogP contribution in [0, 0.1) is 5.92 Å². The number of carboxylic acids is 1. The Morgan fingerprint density at radius 3 is 2.00 bits per heavy atom. The maximum atomic E-state index is 12.5. The summed E-state index contributed by atoms with van der Waals surface area (Å²) < 4.78 is 0. The van der Waals surface area contributed by atoms with Gasteiger partial charge in [-0.3, -0.25) is 14.4 Å². The lowest BCUT2D eigenvalue weighted by atomic mass is 10.0. The zero-order valence-corrected chi connectivity index (χ0v) is 16.1. The van der Waals surface area contributed by atoms with Crippen LogP contribution in [-0.4, -0.2) is 82.9 Å². The number of hydrogen-bond acceptors (Lipinski definition) is 7. The van der Waals surface area contributed by atoms with E-state index in [0.29, 0.717) is 13.0 Å². The quantitative estimate of drug-likeness (QED) is 0.195. The number of aliphatic hydroxyl groups is 2. The van der Waals surface area contributed by atoms with E-state index in [0.717, 1.165) is 6.42 Å². The average molecular weight is 402 g/mol. The van der Waals surface area contributed by atoms with Crippen molar-refractivity contribution in [2.45, 2.75) is 57.3 Å². The first-order chi connectivity index (χ1) is 13.2. The predicted molar refractivity (Wildman–Crippen MR) is 98.1 cm³/mol. The lowest BCUT2D eigenvalue weighted by Gasteiger charge is -2.25. The van der Waals surface area contributed by atoms with Crippen molar-refractivity contribution in [3.05, 3.63) is 0 Å². The number of amides is 3. The van der Waals surface area contributed by atoms with E-state index < -0.39 is 61.1 Å². The lowest BCUT2D eigenvalue weighted by Crippen LogP contribution is -2.58. The molecule has 0 aromatic carbocycles. The van der Waals surface area contributed by atoms with Crippen LogP contribution in [0.5, 0.6) is 0 Å². The smallest absolute Gasteiger partial charge is 0.328 e. The van der Waals surface area contributed by atoms with E-state index in [-0.39, 0.29) is 12.3 Å².